The van der Waals surface area contributed by atoms with Crippen LogP contribution in [-0.2, 0) is 11.3 Å². The molecule has 14 heavy (non-hydrogen) atoms. The van der Waals surface area contributed by atoms with E-state index in [4.69, 9.17) is 5.73 Å². The van der Waals surface area contributed by atoms with E-state index in [2.05, 4.69) is 15.0 Å². The molecule has 5 nitrogen and oxygen atoms in total. The molecule has 0 aromatic carbocycles. The summed E-state index contributed by atoms with van der Waals surface area (Å²) in [6, 6.07) is 3.48. The number of nitrogens with zero attached hydrogens (tertiary/aromatic N) is 1. The Labute approximate surface area is 82.3 Å². The van der Waals surface area contributed by atoms with Gasteiger partial charge >= 0.3 is 6.09 Å². The summed E-state index contributed by atoms with van der Waals surface area (Å²) in [5.74, 6) is 0.459. The summed E-state index contributed by atoms with van der Waals surface area (Å²) in [7, 11) is 0. The van der Waals surface area contributed by atoms with Crippen LogP contribution in [0, 0.1) is 0 Å². The largest absolute Gasteiger partial charge is 0.450 e. The summed E-state index contributed by atoms with van der Waals surface area (Å²) >= 11 is 0. The molecule has 0 aliphatic rings. The van der Waals surface area contributed by atoms with Gasteiger partial charge in [0.2, 0.25) is 0 Å². The Morgan fingerprint density at radius 1 is 1.64 bits per heavy atom. The maximum absolute atomic E-state index is 11.0. The van der Waals surface area contributed by atoms with E-state index in [0.29, 0.717) is 19.0 Å². The van der Waals surface area contributed by atoms with Crippen molar-refractivity contribution in [2.75, 3.05) is 11.9 Å². The molecule has 3 N–H and O–H groups in total. The van der Waals surface area contributed by atoms with Crippen molar-refractivity contribution in [2.24, 2.45) is 5.73 Å². The molecule has 0 saturated carbocycles. The second-order valence-electron chi connectivity index (χ2n) is 2.60. The van der Waals surface area contributed by atoms with Crippen LogP contribution >= 0.6 is 0 Å². The third-order valence-corrected chi connectivity index (χ3v) is 1.57. The van der Waals surface area contributed by atoms with Gasteiger partial charge in [-0.05, 0) is 18.6 Å². The number of carbonyl (C=O) groups excluding carboxylic acids is 1. The van der Waals surface area contributed by atoms with Crippen molar-refractivity contribution in [1.82, 2.24) is 4.98 Å². The number of hydrogen-bond donors (Lipinski definition) is 2. The first-order chi connectivity index (χ1) is 6.76. The zero-order valence-electron chi connectivity index (χ0n) is 7.99. The Hall–Kier alpha value is -1.62. The first-order valence-corrected chi connectivity index (χ1v) is 4.35. The molecule has 76 valence electrons. The van der Waals surface area contributed by atoms with E-state index in [1.807, 2.05) is 0 Å². The molecule has 0 unspecified atom stereocenters. The lowest BCUT2D eigenvalue weighted by Crippen LogP contribution is -2.14. The van der Waals surface area contributed by atoms with E-state index in [9.17, 15) is 4.79 Å². The number of nitrogens with two attached hydrogens (primary N) is 1. The number of pyridine rings is 1. The van der Waals surface area contributed by atoms with E-state index < -0.39 is 6.09 Å². The topological polar surface area (TPSA) is 77.2 Å². The monoisotopic (exact) mass is 195 g/mol. The van der Waals surface area contributed by atoms with Gasteiger partial charge in [-0.2, -0.15) is 0 Å². The second-order valence-corrected chi connectivity index (χ2v) is 2.60. The lowest BCUT2D eigenvalue weighted by Gasteiger charge is -2.04. The maximum Gasteiger partial charge on any atom is 0.412 e. The Bertz CT molecular complexity index is 297. The SMILES string of the molecule is CCOC(=O)Nc1ccc(CN)cn1. The average molecular weight is 195 g/mol. The van der Waals surface area contributed by atoms with Crippen molar-refractivity contribution >= 4 is 11.9 Å². The standard InChI is InChI=1S/C9H13N3O2/c1-2-14-9(13)12-8-4-3-7(5-10)6-11-8/h3-4,6H,2,5,10H2,1H3,(H,11,12,13). The summed E-state index contributed by atoms with van der Waals surface area (Å²) in [6.07, 6.45) is 1.11. The van der Waals surface area contributed by atoms with Gasteiger partial charge in [-0.3, -0.25) is 5.32 Å². The van der Waals surface area contributed by atoms with Crippen LogP contribution in [0.2, 0.25) is 0 Å². The molecule has 0 spiro atoms. The molecule has 1 aromatic rings. The molecule has 1 rings (SSSR count). The molecule has 0 radical (unpaired) electrons. The maximum atomic E-state index is 11.0. The minimum atomic E-state index is -0.500. The predicted molar refractivity (Wildman–Crippen MR) is 52.8 cm³/mol. The number of anilines is 1. The number of amides is 1. The highest BCUT2D eigenvalue weighted by atomic mass is 16.5. The third-order valence-electron chi connectivity index (χ3n) is 1.57. The van der Waals surface area contributed by atoms with Gasteiger partial charge in [0.15, 0.2) is 0 Å². The van der Waals surface area contributed by atoms with Gasteiger partial charge in [0, 0.05) is 12.7 Å². The number of ether oxygens (including phenoxy) is 1. The van der Waals surface area contributed by atoms with Gasteiger partial charge in [0.25, 0.3) is 0 Å². The van der Waals surface area contributed by atoms with Gasteiger partial charge in [-0.15, -0.1) is 0 Å². The number of carbonyl (C=O) groups is 1. The number of hydrogen-bond acceptors (Lipinski definition) is 4. The highest BCUT2D eigenvalue weighted by Gasteiger charge is 2.01. The van der Waals surface area contributed by atoms with E-state index >= 15 is 0 Å². The average Bonchev–Trinajstić information content (AvgIpc) is 2.19. The fourth-order valence-electron chi connectivity index (χ4n) is 0.891. The summed E-state index contributed by atoms with van der Waals surface area (Å²) in [5.41, 5.74) is 6.31. The van der Waals surface area contributed by atoms with Crippen LogP contribution in [0.15, 0.2) is 18.3 Å². The highest BCUT2D eigenvalue weighted by molar-refractivity contribution is 5.83. The first kappa shape index (κ1) is 10.5. The summed E-state index contributed by atoms with van der Waals surface area (Å²) < 4.78 is 4.69. The first-order valence-electron chi connectivity index (χ1n) is 4.35. The zero-order valence-corrected chi connectivity index (χ0v) is 7.99. The van der Waals surface area contributed by atoms with Crippen LogP contribution in [0.3, 0.4) is 0 Å². The van der Waals surface area contributed by atoms with E-state index in [1.54, 1.807) is 25.3 Å². The second kappa shape index (κ2) is 5.18. The molecule has 0 bridgehead atoms. The van der Waals surface area contributed by atoms with Crippen LogP contribution in [0.4, 0.5) is 10.6 Å². The van der Waals surface area contributed by atoms with Gasteiger partial charge in [-0.1, -0.05) is 6.07 Å². The highest BCUT2D eigenvalue weighted by Crippen LogP contribution is 2.04. The third kappa shape index (κ3) is 3.02. The van der Waals surface area contributed by atoms with Crippen molar-refractivity contribution < 1.29 is 9.53 Å². The van der Waals surface area contributed by atoms with Gasteiger partial charge in [0.05, 0.1) is 6.61 Å². The molecule has 1 heterocycles. The molecule has 1 aromatic heterocycles. The number of nitrogens with one attached hydrogen (secondary N) is 1. The summed E-state index contributed by atoms with van der Waals surface area (Å²) in [5, 5.41) is 2.48. The van der Waals surface area contributed by atoms with Gasteiger partial charge in [-0.25, -0.2) is 9.78 Å². The fourth-order valence-corrected chi connectivity index (χ4v) is 0.891. The lowest BCUT2D eigenvalue weighted by molar-refractivity contribution is 0.168. The van der Waals surface area contributed by atoms with Crippen LogP contribution in [-0.4, -0.2) is 17.7 Å². The Morgan fingerprint density at radius 2 is 2.43 bits per heavy atom. The Balaban J connectivity index is 2.55. The molecule has 0 atom stereocenters. The molecular weight excluding hydrogens is 182 g/mol. The quantitative estimate of drug-likeness (QED) is 0.757. The lowest BCUT2D eigenvalue weighted by atomic mass is 10.3. The molecule has 1 amide bonds. The van der Waals surface area contributed by atoms with Crippen LogP contribution < -0.4 is 11.1 Å². The van der Waals surface area contributed by atoms with Crippen LogP contribution in [0.5, 0.6) is 0 Å². The molecule has 0 fully saturated rings. The summed E-state index contributed by atoms with van der Waals surface area (Å²) in [6.45, 7) is 2.52. The van der Waals surface area contributed by atoms with Crippen molar-refractivity contribution in [1.29, 1.82) is 0 Å². The molecular formula is C9H13N3O2. The minimum absolute atomic E-state index is 0.340. The molecule has 0 aliphatic carbocycles. The predicted octanol–water partition coefficient (Wildman–Crippen LogP) is 1.11. The van der Waals surface area contributed by atoms with E-state index in [0.717, 1.165) is 5.56 Å². The number of aromatic nitrogens is 1. The van der Waals surface area contributed by atoms with Gasteiger partial charge < -0.3 is 10.5 Å². The van der Waals surface area contributed by atoms with Crippen molar-refractivity contribution in [2.45, 2.75) is 13.5 Å². The fraction of sp³-hybridized carbons (Fsp3) is 0.333. The van der Waals surface area contributed by atoms with Crippen molar-refractivity contribution in [3.8, 4) is 0 Å². The summed E-state index contributed by atoms with van der Waals surface area (Å²) in [4.78, 5) is 14.9. The minimum Gasteiger partial charge on any atom is -0.450 e. The molecule has 0 aliphatic heterocycles. The van der Waals surface area contributed by atoms with E-state index in [1.165, 1.54) is 0 Å². The van der Waals surface area contributed by atoms with Crippen LogP contribution in [0.1, 0.15) is 12.5 Å². The Morgan fingerprint density at radius 3 is 2.93 bits per heavy atom. The molecule has 5 heteroatoms. The molecule has 0 saturated heterocycles. The van der Waals surface area contributed by atoms with Crippen LogP contribution in [0.25, 0.3) is 0 Å². The Kier molecular flexibility index (Phi) is 3.87. The van der Waals surface area contributed by atoms with Gasteiger partial charge in [0.1, 0.15) is 5.82 Å². The number of rotatable bonds is 3. The van der Waals surface area contributed by atoms with Crippen molar-refractivity contribution in [3.05, 3.63) is 23.9 Å². The van der Waals surface area contributed by atoms with E-state index in [-0.39, 0.29) is 0 Å². The normalized spacial score (nSPS) is 9.57. The zero-order chi connectivity index (χ0) is 10.4. The van der Waals surface area contributed by atoms with Crippen molar-refractivity contribution in [3.63, 3.8) is 0 Å². The smallest absolute Gasteiger partial charge is 0.412 e.